The number of carboxylic acids is 1. The van der Waals surface area contributed by atoms with Gasteiger partial charge in [0.1, 0.15) is 0 Å². The number of hydrogen-bond acceptors (Lipinski definition) is 3. The number of unbranched alkanes of at least 4 members (excludes halogenated alkanes) is 5. The molecule has 4 nitrogen and oxygen atoms in total. The summed E-state index contributed by atoms with van der Waals surface area (Å²) in [7, 11) is 0. The molecule has 0 rings (SSSR count). The third-order valence-corrected chi connectivity index (χ3v) is 6.25. The Morgan fingerprint density at radius 1 is 0.903 bits per heavy atom. The SMILES string of the molecule is CCCCC(CC)CC(CCCCCCCC(=O)O)C(=O)OCCC(C)CC(C)(C)C. The fraction of sp³-hybridized carbons (Fsp3) is 0.926. The molecule has 0 heterocycles. The summed E-state index contributed by atoms with van der Waals surface area (Å²) in [6.45, 7) is 14.0. The molecule has 4 heteroatoms. The molecule has 0 saturated heterocycles. The molecule has 0 radical (unpaired) electrons. The fourth-order valence-corrected chi connectivity index (χ4v) is 4.54. The molecule has 31 heavy (non-hydrogen) atoms. The minimum atomic E-state index is -0.711. The Balaban J connectivity index is 4.52. The lowest BCUT2D eigenvalue weighted by Crippen LogP contribution is -2.22. The van der Waals surface area contributed by atoms with Gasteiger partial charge in [-0.05, 0) is 49.4 Å². The molecule has 0 aromatic heterocycles. The zero-order chi connectivity index (χ0) is 23.7. The van der Waals surface area contributed by atoms with Crippen LogP contribution in [0.2, 0.25) is 0 Å². The highest BCUT2D eigenvalue weighted by Gasteiger charge is 2.24. The molecule has 3 atom stereocenters. The summed E-state index contributed by atoms with van der Waals surface area (Å²) in [6, 6.07) is 0. The Hall–Kier alpha value is -1.06. The highest BCUT2D eigenvalue weighted by Crippen LogP contribution is 2.28. The first-order valence-corrected chi connectivity index (χ1v) is 13.0. The molecule has 3 unspecified atom stereocenters. The first-order valence-electron chi connectivity index (χ1n) is 13.0. The van der Waals surface area contributed by atoms with E-state index in [-0.39, 0.29) is 18.3 Å². The van der Waals surface area contributed by atoms with E-state index in [1.165, 1.54) is 19.3 Å². The van der Waals surface area contributed by atoms with Gasteiger partial charge in [-0.2, -0.15) is 0 Å². The smallest absolute Gasteiger partial charge is 0.308 e. The van der Waals surface area contributed by atoms with E-state index in [0.29, 0.717) is 23.9 Å². The van der Waals surface area contributed by atoms with E-state index in [1.54, 1.807) is 0 Å². The summed E-state index contributed by atoms with van der Waals surface area (Å²) in [5.41, 5.74) is 0.310. The maximum absolute atomic E-state index is 12.9. The third-order valence-electron chi connectivity index (χ3n) is 6.25. The van der Waals surface area contributed by atoms with Gasteiger partial charge in [0.15, 0.2) is 0 Å². The predicted octanol–water partition coefficient (Wildman–Crippen LogP) is 8.03. The molecule has 0 aliphatic rings. The minimum Gasteiger partial charge on any atom is -0.481 e. The fourth-order valence-electron chi connectivity index (χ4n) is 4.54. The lowest BCUT2D eigenvalue weighted by molar-refractivity contribution is -0.150. The second-order valence-electron chi connectivity index (χ2n) is 10.9. The number of carbonyl (C=O) groups excluding carboxylic acids is 1. The van der Waals surface area contributed by atoms with Gasteiger partial charge in [0.25, 0.3) is 0 Å². The van der Waals surface area contributed by atoms with Gasteiger partial charge < -0.3 is 9.84 Å². The maximum atomic E-state index is 12.9. The second kappa shape index (κ2) is 17.5. The number of esters is 1. The van der Waals surface area contributed by atoms with E-state index in [9.17, 15) is 9.59 Å². The summed E-state index contributed by atoms with van der Waals surface area (Å²) < 4.78 is 5.76. The van der Waals surface area contributed by atoms with E-state index in [0.717, 1.165) is 64.2 Å². The first-order chi connectivity index (χ1) is 14.6. The van der Waals surface area contributed by atoms with Crippen LogP contribution in [0.4, 0.5) is 0 Å². The van der Waals surface area contributed by atoms with Gasteiger partial charge >= 0.3 is 11.9 Å². The van der Waals surface area contributed by atoms with Gasteiger partial charge in [0.2, 0.25) is 0 Å². The van der Waals surface area contributed by atoms with Crippen molar-refractivity contribution in [1.82, 2.24) is 0 Å². The van der Waals surface area contributed by atoms with Crippen LogP contribution in [0.5, 0.6) is 0 Å². The summed E-state index contributed by atoms with van der Waals surface area (Å²) in [5, 5.41) is 8.73. The topological polar surface area (TPSA) is 63.6 Å². The van der Waals surface area contributed by atoms with Gasteiger partial charge in [0, 0.05) is 6.42 Å². The van der Waals surface area contributed by atoms with Crippen molar-refractivity contribution in [1.29, 1.82) is 0 Å². The minimum absolute atomic E-state index is 0.00350. The number of carboxylic acid groups (broad SMARTS) is 1. The van der Waals surface area contributed by atoms with E-state index >= 15 is 0 Å². The van der Waals surface area contributed by atoms with E-state index in [2.05, 4.69) is 41.5 Å². The molecule has 0 amide bonds. The van der Waals surface area contributed by atoms with Gasteiger partial charge in [-0.1, -0.05) is 92.9 Å². The normalized spacial score (nSPS) is 14.8. The van der Waals surface area contributed by atoms with Gasteiger partial charge in [-0.3, -0.25) is 9.59 Å². The van der Waals surface area contributed by atoms with Crippen LogP contribution in [-0.2, 0) is 14.3 Å². The van der Waals surface area contributed by atoms with Crippen LogP contribution in [0.15, 0.2) is 0 Å². The molecule has 0 aliphatic carbocycles. The Morgan fingerprint density at radius 3 is 2.13 bits per heavy atom. The van der Waals surface area contributed by atoms with E-state index < -0.39 is 5.97 Å². The van der Waals surface area contributed by atoms with Gasteiger partial charge in [-0.25, -0.2) is 0 Å². The molecule has 0 aromatic rings. The Morgan fingerprint density at radius 2 is 1.55 bits per heavy atom. The largest absolute Gasteiger partial charge is 0.481 e. The maximum Gasteiger partial charge on any atom is 0.308 e. The number of ether oxygens (including phenoxy) is 1. The number of carbonyl (C=O) groups is 2. The molecule has 1 N–H and O–H groups in total. The van der Waals surface area contributed by atoms with Crippen molar-refractivity contribution < 1.29 is 19.4 Å². The van der Waals surface area contributed by atoms with Gasteiger partial charge in [0.05, 0.1) is 12.5 Å². The summed E-state index contributed by atoms with van der Waals surface area (Å²) in [5.74, 6) is 0.470. The van der Waals surface area contributed by atoms with E-state index in [4.69, 9.17) is 9.84 Å². The number of aliphatic carboxylic acids is 1. The third kappa shape index (κ3) is 18.2. The van der Waals surface area contributed by atoms with Crippen molar-refractivity contribution in [3.05, 3.63) is 0 Å². The average molecular weight is 441 g/mol. The molecule has 0 fully saturated rings. The summed E-state index contributed by atoms with van der Waals surface area (Å²) in [4.78, 5) is 23.5. The van der Waals surface area contributed by atoms with Crippen LogP contribution in [0.3, 0.4) is 0 Å². The van der Waals surface area contributed by atoms with Crippen molar-refractivity contribution in [2.24, 2.45) is 23.2 Å². The highest BCUT2D eigenvalue weighted by atomic mass is 16.5. The Labute approximate surface area is 192 Å². The standard InChI is InChI=1S/C27H52O4/c1-7-9-15-23(8-2)20-24(16-13-11-10-12-14-17-25(28)29)26(30)31-19-18-22(3)21-27(4,5)6/h22-24H,7-21H2,1-6H3,(H,28,29). The summed E-state index contributed by atoms with van der Waals surface area (Å²) >= 11 is 0. The van der Waals surface area contributed by atoms with Crippen molar-refractivity contribution >= 4 is 11.9 Å². The molecule has 0 spiro atoms. The lowest BCUT2D eigenvalue weighted by atomic mass is 9.84. The predicted molar refractivity (Wildman–Crippen MR) is 130 cm³/mol. The Kier molecular flexibility index (Phi) is 16.9. The first kappa shape index (κ1) is 29.9. The summed E-state index contributed by atoms with van der Waals surface area (Å²) in [6.07, 6.45) is 13.8. The van der Waals surface area contributed by atoms with Gasteiger partial charge in [-0.15, -0.1) is 0 Å². The van der Waals surface area contributed by atoms with Crippen LogP contribution < -0.4 is 0 Å². The molecule has 0 aromatic carbocycles. The van der Waals surface area contributed by atoms with Crippen LogP contribution in [0, 0.1) is 23.2 Å². The molecule has 0 saturated carbocycles. The highest BCUT2D eigenvalue weighted by molar-refractivity contribution is 5.72. The quantitative estimate of drug-likeness (QED) is 0.163. The van der Waals surface area contributed by atoms with Crippen LogP contribution in [0.1, 0.15) is 131 Å². The zero-order valence-electron chi connectivity index (χ0n) is 21.5. The molecule has 184 valence electrons. The van der Waals surface area contributed by atoms with Crippen LogP contribution in [0.25, 0.3) is 0 Å². The average Bonchev–Trinajstić information content (AvgIpc) is 2.67. The Bertz CT molecular complexity index is 466. The second-order valence-corrected chi connectivity index (χ2v) is 10.9. The number of rotatable bonds is 19. The van der Waals surface area contributed by atoms with Crippen molar-refractivity contribution in [3.8, 4) is 0 Å². The van der Waals surface area contributed by atoms with Crippen molar-refractivity contribution in [2.45, 2.75) is 131 Å². The lowest BCUT2D eigenvalue weighted by Gasteiger charge is -2.24. The van der Waals surface area contributed by atoms with E-state index in [1.807, 2.05) is 0 Å². The molecular weight excluding hydrogens is 388 g/mol. The zero-order valence-corrected chi connectivity index (χ0v) is 21.5. The van der Waals surface area contributed by atoms with Crippen molar-refractivity contribution in [2.75, 3.05) is 6.61 Å². The molecule has 0 bridgehead atoms. The van der Waals surface area contributed by atoms with Crippen molar-refractivity contribution in [3.63, 3.8) is 0 Å². The molecular formula is C27H52O4. The molecule has 0 aliphatic heterocycles. The monoisotopic (exact) mass is 440 g/mol. The van der Waals surface area contributed by atoms with Crippen LogP contribution >= 0.6 is 0 Å². The number of hydrogen-bond donors (Lipinski definition) is 1. The van der Waals surface area contributed by atoms with Crippen LogP contribution in [-0.4, -0.2) is 23.7 Å².